The predicted molar refractivity (Wildman–Crippen MR) is 151 cm³/mol. The Bertz CT molecular complexity index is 1390. The van der Waals surface area contributed by atoms with Crippen LogP contribution in [-0.4, -0.2) is 43.8 Å². The molecule has 3 aromatic carbocycles. The number of sulfonamides is 1. The second-order valence-corrected chi connectivity index (χ2v) is 11.7. The van der Waals surface area contributed by atoms with Crippen LogP contribution in [0.15, 0.2) is 77.7 Å². The third-order valence-corrected chi connectivity index (χ3v) is 8.21. The number of halogens is 1. The van der Waals surface area contributed by atoms with Crippen molar-refractivity contribution in [1.82, 2.24) is 10.2 Å². The second-order valence-electron chi connectivity index (χ2n) is 9.84. The summed E-state index contributed by atoms with van der Waals surface area (Å²) < 4.78 is 42.1. The zero-order valence-corrected chi connectivity index (χ0v) is 23.8. The van der Waals surface area contributed by atoms with Crippen LogP contribution in [-0.2, 0) is 26.2 Å². The standard InChI is InChI=1S/C30H36FN3O4S/c1-6-28(30(36)32-21(2)3)33(19-24-10-8-7-9-23(24)5)29(35)20-34(26-15-11-22(4)12-16-26)39(37,38)27-17-13-25(31)14-18-27/h7-18,21,28H,6,19-20H2,1-5H3,(H,32,36). The fraction of sp³-hybridized carbons (Fsp3) is 0.333. The zero-order valence-electron chi connectivity index (χ0n) is 23.0. The Hall–Kier alpha value is -3.72. The highest BCUT2D eigenvalue weighted by Crippen LogP contribution is 2.26. The largest absolute Gasteiger partial charge is 0.352 e. The van der Waals surface area contributed by atoms with E-state index in [2.05, 4.69) is 5.32 Å². The van der Waals surface area contributed by atoms with Crippen LogP contribution in [0.4, 0.5) is 10.1 Å². The molecule has 0 radical (unpaired) electrons. The minimum Gasteiger partial charge on any atom is -0.352 e. The highest BCUT2D eigenvalue weighted by molar-refractivity contribution is 7.92. The first-order valence-corrected chi connectivity index (χ1v) is 14.4. The Kier molecular flexibility index (Phi) is 9.86. The van der Waals surface area contributed by atoms with Crippen molar-refractivity contribution < 1.29 is 22.4 Å². The van der Waals surface area contributed by atoms with E-state index in [-0.39, 0.29) is 29.1 Å². The minimum atomic E-state index is -4.25. The van der Waals surface area contributed by atoms with Gasteiger partial charge in [-0.3, -0.25) is 13.9 Å². The molecule has 39 heavy (non-hydrogen) atoms. The first-order chi connectivity index (χ1) is 18.4. The quantitative estimate of drug-likeness (QED) is 0.363. The summed E-state index contributed by atoms with van der Waals surface area (Å²) in [5, 5.41) is 2.88. The maximum Gasteiger partial charge on any atom is 0.264 e. The van der Waals surface area contributed by atoms with Crippen LogP contribution in [0.1, 0.15) is 43.9 Å². The first kappa shape index (κ1) is 29.8. The molecular formula is C30H36FN3O4S. The average Bonchev–Trinajstić information content (AvgIpc) is 2.88. The van der Waals surface area contributed by atoms with Gasteiger partial charge in [0.2, 0.25) is 11.8 Å². The number of nitrogens with zero attached hydrogens (tertiary/aromatic N) is 2. The molecule has 1 N–H and O–H groups in total. The molecule has 2 amide bonds. The molecule has 7 nitrogen and oxygen atoms in total. The van der Waals surface area contributed by atoms with E-state index in [4.69, 9.17) is 0 Å². The van der Waals surface area contributed by atoms with E-state index >= 15 is 0 Å². The Morgan fingerprint density at radius 3 is 2.10 bits per heavy atom. The zero-order chi connectivity index (χ0) is 28.7. The van der Waals surface area contributed by atoms with E-state index < -0.39 is 34.3 Å². The van der Waals surface area contributed by atoms with Gasteiger partial charge in [0.1, 0.15) is 18.4 Å². The molecule has 0 heterocycles. The molecule has 0 bridgehead atoms. The molecule has 0 aromatic heterocycles. The van der Waals surface area contributed by atoms with Gasteiger partial charge in [0.25, 0.3) is 10.0 Å². The lowest BCUT2D eigenvalue weighted by Gasteiger charge is -2.34. The molecule has 3 aromatic rings. The van der Waals surface area contributed by atoms with E-state index in [1.54, 1.807) is 24.3 Å². The summed E-state index contributed by atoms with van der Waals surface area (Å²) in [4.78, 5) is 28.5. The molecule has 0 aliphatic rings. The third-order valence-electron chi connectivity index (χ3n) is 6.42. The van der Waals surface area contributed by atoms with Gasteiger partial charge in [0.15, 0.2) is 0 Å². The van der Waals surface area contributed by atoms with Crippen LogP contribution in [0.5, 0.6) is 0 Å². The summed E-state index contributed by atoms with van der Waals surface area (Å²) in [5.41, 5.74) is 3.00. The number of hydrogen-bond donors (Lipinski definition) is 1. The van der Waals surface area contributed by atoms with E-state index in [1.807, 2.05) is 58.9 Å². The Morgan fingerprint density at radius 2 is 1.54 bits per heavy atom. The Morgan fingerprint density at radius 1 is 0.923 bits per heavy atom. The van der Waals surface area contributed by atoms with Gasteiger partial charge < -0.3 is 10.2 Å². The summed E-state index contributed by atoms with van der Waals surface area (Å²) in [6.45, 7) is 8.88. The maximum atomic E-state index is 14.0. The van der Waals surface area contributed by atoms with Crippen molar-refractivity contribution in [3.8, 4) is 0 Å². The molecule has 9 heteroatoms. The van der Waals surface area contributed by atoms with Crippen molar-refractivity contribution in [2.75, 3.05) is 10.8 Å². The number of benzene rings is 3. The van der Waals surface area contributed by atoms with E-state index in [9.17, 15) is 22.4 Å². The van der Waals surface area contributed by atoms with Crippen molar-refractivity contribution >= 4 is 27.5 Å². The van der Waals surface area contributed by atoms with Gasteiger partial charge in [0, 0.05) is 12.6 Å². The molecular weight excluding hydrogens is 517 g/mol. The van der Waals surface area contributed by atoms with Crippen LogP contribution < -0.4 is 9.62 Å². The van der Waals surface area contributed by atoms with Gasteiger partial charge in [0.05, 0.1) is 10.6 Å². The highest BCUT2D eigenvalue weighted by atomic mass is 32.2. The van der Waals surface area contributed by atoms with E-state index in [0.29, 0.717) is 6.42 Å². The molecule has 1 atom stereocenters. The second kappa shape index (κ2) is 12.9. The third kappa shape index (κ3) is 7.44. The summed E-state index contributed by atoms with van der Waals surface area (Å²) in [5.74, 6) is -1.41. The number of carbonyl (C=O) groups is 2. The molecule has 0 saturated carbocycles. The summed E-state index contributed by atoms with van der Waals surface area (Å²) in [6.07, 6.45) is 0.339. The minimum absolute atomic E-state index is 0.133. The highest BCUT2D eigenvalue weighted by Gasteiger charge is 2.34. The lowest BCUT2D eigenvalue weighted by molar-refractivity contribution is -0.140. The van der Waals surface area contributed by atoms with Gasteiger partial charge in [-0.15, -0.1) is 0 Å². The lowest BCUT2D eigenvalue weighted by atomic mass is 10.1. The number of aryl methyl sites for hydroxylation is 2. The van der Waals surface area contributed by atoms with Crippen LogP contribution in [0.2, 0.25) is 0 Å². The maximum absolute atomic E-state index is 14.0. The topological polar surface area (TPSA) is 86.8 Å². The number of carbonyl (C=O) groups excluding carboxylic acids is 2. The number of nitrogens with one attached hydrogen (secondary N) is 1. The van der Waals surface area contributed by atoms with Gasteiger partial charge in [-0.2, -0.15) is 0 Å². The van der Waals surface area contributed by atoms with Gasteiger partial charge in [-0.05, 0) is 81.6 Å². The summed E-state index contributed by atoms with van der Waals surface area (Å²) >= 11 is 0. The van der Waals surface area contributed by atoms with Gasteiger partial charge in [-0.25, -0.2) is 12.8 Å². The monoisotopic (exact) mass is 553 g/mol. The molecule has 0 spiro atoms. The van der Waals surface area contributed by atoms with E-state index in [1.165, 1.54) is 17.0 Å². The van der Waals surface area contributed by atoms with Crippen LogP contribution >= 0.6 is 0 Å². The van der Waals surface area contributed by atoms with Gasteiger partial charge >= 0.3 is 0 Å². The normalized spacial score (nSPS) is 12.2. The van der Waals surface area contributed by atoms with Crippen molar-refractivity contribution in [3.05, 3.63) is 95.3 Å². The fourth-order valence-electron chi connectivity index (χ4n) is 4.24. The number of amides is 2. The van der Waals surface area contributed by atoms with Crippen molar-refractivity contribution in [3.63, 3.8) is 0 Å². The molecule has 208 valence electrons. The molecule has 0 fully saturated rings. The molecule has 0 aliphatic carbocycles. The van der Waals surface area contributed by atoms with Crippen molar-refractivity contribution in [1.29, 1.82) is 0 Å². The molecule has 0 saturated heterocycles. The van der Waals surface area contributed by atoms with Gasteiger partial charge in [-0.1, -0.05) is 48.9 Å². The number of anilines is 1. The number of hydrogen-bond acceptors (Lipinski definition) is 4. The van der Waals surface area contributed by atoms with Crippen LogP contribution in [0.3, 0.4) is 0 Å². The predicted octanol–water partition coefficient (Wildman–Crippen LogP) is 4.97. The van der Waals surface area contributed by atoms with Crippen LogP contribution in [0, 0.1) is 19.7 Å². The Balaban J connectivity index is 2.07. The summed E-state index contributed by atoms with van der Waals surface area (Å²) in [7, 11) is -4.25. The lowest BCUT2D eigenvalue weighted by Crippen LogP contribution is -2.53. The average molecular weight is 554 g/mol. The number of rotatable bonds is 11. The van der Waals surface area contributed by atoms with Crippen molar-refractivity contribution in [2.45, 2.75) is 64.6 Å². The molecule has 3 rings (SSSR count). The fourth-order valence-corrected chi connectivity index (χ4v) is 5.66. The smallest absolute Gasteiger partial charge is 0.264 e. The summed E-state index contributed by atoms with van der Waals surface area (Å²) in [6, 6.07) is 17.8. The molecule has 0 aliphatic heterocycles. The SMILES string of the molecule is CCC(C(=O)NC(C)C)N(Cc1ccccc1C)C(=O)CN(c1ccc(C)cc1)S(=O)(=O)c1ccc(F)cc1. The molecule has 1 unspecified atom stereocenters. The van der Waals surface area contributed by atoms with E-state index in [0.717, 1.165) is 33.1 Å². The Labute approximate surface area is 230 Å². The first-order valence-electron chi connectivity index (χ1n) is 12.9. The van der Waals surface area contributed by atoms with Crippen LogP contribution in [0.25, 0.3) is 0 Å². The van der Waals surface area contributed by atoms with Crippen molar-refractivity contribution in [2.24, 2.45) is 0 Å².